The Labute approximate surface area is 169 Å². The summed E-state index contributed by atoms with van der Waals surface area (Å²) in [4.78, 5) is 24.0. The molecular weight excluding hydrogens is 370 g/mol. The molecule has 0 spiro atoms. The van der Waals surface area contributed by atoms with E-state index in [0.29, 0.717) is 22.7 Å². The van der Waals surface area contributed by atoms with E-state index in [0.717, 1.165) is 17.1 Å². The van der Waals surface area contributed by atoms with Crippen molar-refractivity contribution < 1.29 is 19.1 Å². The topological polar surface area (TPSA) is 82.5 Å². The molecule has 0 radical (unpaired) electrons. The minimum Gasteiger partial charge on any atom is -0.493 e. The molecule has 0 aliphatic rings. The SMILES string of the molecule is COc1cc(C(C)=O)ccc1OCC(=O)Nc1ccccc1-n1nc(C)cc1C. The molecule has 7 nitrogen and oxygen atoms in total. The molecule has 0 saturated carbocycles. The maximum absolute atomic E-state index is 12.5. The summed E-state index contributed by atoms with van der Waals surface area (Å²) in [5.74, 6) is 0.387. The number of carbonyl (C=O) groups excluding carboxylic acids is 2. The van der Waals surface area contributed by atoms with Gasteiger partial charge in [-0.05, 0) is 57.2 Å². The molecule has 0 atom stereocenters. The Balaban J connectivity index is 1.73. The number of benzene rings is 2. The van der Waals surface area contributed by atoms with E-state index in [9.17, 15) is 9.59 Å². The second kappa shape index (κ2) is 8.60. The van der Waals surface area contributed by atoms with Gasteiger partial charge in [-0.15, -0.1) is 0 Å². The number of carbonyl (C=O) groups is 2. The van der Waals surface area contributed by atoms with Crippen LogP contribution in [-0.2, 0) is 4.79 Å². The highest BCUT2D eigenvalue weighted by molar-refractivity contribution is 5.95. The summed E-state index contributed by atoms with van der Waals surface area (Å²) in [6.07, 6.45) is 0. The van der Waals surface area contributed by atoms with Crippen LogP contribution >= 0.6 is 0 Å². The van der Waals surface area contributed by atoms with Crippen LogP contribution in [0, 0.1) is 13.8 Å². The summed E-state index contributed by atoms with van der Waals surface area (Å²) >= 11 is 0. The molecule has 0 fully saturated rings. The Morgan fingerprint density at radius 3 is 2.48 bits per heavy atom. The van der Waals surface area contributed by atoms with Crippen molar-refractivity contribution in [1.29, 1.82) is 0 Å². The van der Waals surface area contributed by atoms with E-state index >= 15 is 0 Å². The molecule has 1 aromatic heterocycles. The van der Waals surface area contributed by atoms with Crippen LogP contribution in [0.25, 0.3) is 5.69 Å². The number of aryl methyl sites for hydroxylation is 2. The lowest BCUT2D eigenvalue weighted by Crippen LogP contribution is -2.21. The molecule has 150 valence electrons. The number of ketones is 1. The van der Waals surface area contributed by atoms with E-state index in [1.165, 1.54) is 14.0 Å². The van der Waals surface area contributed by atoms with E-state index in [4.69, 9.17) is 9.47 Å². The number of Topliss-reactive ketones (excluding diaryl/α,β-unsaturated/α-hetero) is 1. The second-order valence-corrected chi connectivity index (χ2v) is 6.61. The van der Waals surface area contributed by atoms with Crippen molar-refractivity contribution in [1.82, 2.24) is 9.78 Å². The smallest absolute Gasteiger partial charge is 0.262 e. The number of anilines is 1. The summed E-state index contributed by atoms with van der Waals surface area (Å²) in [7, 11) is 1.48. The van der Waals surface area contributed by atoms with Crippen molar-refractivity contribution in [2.75, 3.05) is 19.0 Å². The van der Waals surface area contributed by atoms with E-state index in [1.807, 2.05) is 44.2 Å². The van der Waals surface area contributed by atoms with Crippen molar-refractivity contribution in [3.63, 3.8) is 0 Å². The van der Waals surface area contributed by atoms with Crippen LogP contribution in [0.5, 0.6) is 11.5 Å². The highest BCUT2D eigenvalue weighted by Gasteiger charge is 2.13. The largest absolute Gasteiger partial charge is 0.493 e. The molecule has 2 aromatic carbocycles. The van der Waals surface area contributed by atoms with Gasteiger partial charge in [-0.25, -0.2) is 4.68 Å². The van der Waals surface area contributed by atoms with Crippen molar-refractivity contribution in [3.8, 4) is 17.2 Å². The normalized spacial score (nSPS) is 10.5. The van der Waals surface area contributed by atoms with Crippen molar-refractivity contribution in [3.05, 3.63) is 65.5 Å². The molecule has 0 aliphatic heterocycles. The maximum Gasteiger partial charge on any atom is 0.262 e. The molecule has 0 unspecified atom stereocenters. The van der Waals surface area contributed by atoms with Gasteiger partial charge in [0, 0.05) is 11.3 Å². The lowest BCUT2D eigenvalue weighted by Gasteiger charge is -2.14. The first-order valence-corrected chi connectivity index (χ1v) is 9.13. The lowest BCUT2D eigenvalue weighted by atomic mass is 10.1. The first kappa shape index (κ1) is 20.1. The van der Waals surface area contributed by atoms with Gasteiger partial charge < -0.3 is 14.8 Å². The number of para-hydroxylation sites is 2. The third-order valence-electron chi connectivity index (χ3n) is 4.34. The molecule has 7 heteroatoms. The van der Waals surface area contributed by atoms with Crippen LogP contribution in [0.1, 0.15) is 28.7 Å². The van der Waals surface area contributed by atoms with Crippen molar-refractivity contribution in [2.24, 2.45) is 0 Å². The molecule has 1 N–H and O–H groups in total. The summed E-state index contributed by atoms with van der Waals surface area (Å²) in [5, 5.41) is 7.34. The maximum atomic E-state index is 12.5. The molecule has 3 aromatic rings. The van der Waals surface area contributed by atoms with Gasteiger partial charge in [-0.3, -0.25) is 9.59 Å². The average molecular weight is 393 g/mol. The van der Waals surface area contributed by atoms with Crippen LogP contribution in [0.3, 0.4) is 0 Å². The Kier molecular flexibility index (Phi) is 5.97. The second-order valence-electron chi connectivity index (χ2n) is 6.61. The Hall–Kier alpha value is -3.61. The minimum absolute atomic E-state index is 0.0756. The third-order valence-corrected chi connectivity index (χ3v) is 4.34. The number of nitrogens with one attached hydrogen (secondary N) is 1. The molecule has 1 heterocycles. The molecule has 29 heavy (non-hydrogen) atoms. The summed E-state index contributed by atoms with van der Waals surface area (Å²) < 4.78 is 12.6. The van der Waals surface area contributed by atoms with E-state index in [2.05, 4.69) is 10.4 Å². The Morgan fingerprint density at radius 2 is 1.83 bits per heavy atom. The predicted octanol–water partition coefficient (Wildman–Crippen LogP) is 3.72. The standard InChI is InChI=1S/C22H23N3O4/c1-14-11-15(2)25(24-14)19-8-6-5-7-18(19)23-22(27)13-29-20-10-9-17(16(3)26)12-21(20)28-4/h5-12H,13H2,1-4H3,(H,23,27). The minimum atomic E-state index is -0.323. The van der Waals surface area contributed by atoms with E-state index in [1.54, 1.807) is 22.9 Å². The van der Waals surface area contributed by atoms with Gasteiger partial charge in [0.2, 0.25) is 0 Å². The third kappa shape index (κ3) is 4.63. The van der Waals surface area contributed by atoms with Crippen LogP contribution in [0.4, 0.5) is 5.69 Å². The van der Waals surface area contributed by atoms with Gasteiger partial charge in [0.1, 0.15) is 0 Å². The molecule has 0 bridgehead atoms. The van der Waals surface area contributed by atoms with Crippen LogP contribution < -0.4 is 14.8 Å². The zero-order valence-corrected chi connectivity index (χ0v) is 16.9. The van der Waals surface area contributed by atoms with Gasteiger partial charge in [-0.2, -0.15) is 5.10 Å². The number of ether oxygens (including phenoxy) is 2. The first-order valence-electron chi connectivity index (χ1n) is 9.13. The van der Waals surface area contributed by atoms with E-state index in [-0.39, 0.29) is 18.3 Å². The van der Waals surface area contributed by atoms with Gasteiger partial charge in [0.15, 0.2) is 23.9 Å². The van der Waals surface area contributed by atoms with Gasteiger partial charge in [0.05, 0.1) is 24.2 Å². The van der Waals surface area contributed by atoms with E-state index < -0.39 is 0 Å². The molecule has 0 aliphatic carbocycles. The highest BCUT2D eigenvalue weighted by atomic mass is 16.5. The van der Waals surface area contributed by atoms with Crippen LogP contribution in [0.2, 0.25) is 0 Å². The first-order chi connectivity index (χ1) is 13.9. The number of nitrogens with zero attached hydrogens (tertiary/aromatic N) is 2. The van der Waals surface area contributed by atoms with Gasteiger partial charge >= 0.3 is 0 Å². The molecular formula is C22H23N3O4. The Bertz CT molecular complexity index is 1060. The summed E-state index contributed by atoms with van der Waals surface area (Å²) in [5.41, 5.74) is 3.78. The number of methoxy groups -OCH3 is 1. The number of aromatic nitrogens is 2. The predicted molar refractivity (Wildman–Crippen MR) is 110 cm³/mol. The van der Waals surface area contributed by atoms with Crippen LogP contribution in [-0.4, -0.2) is 35.2 Å². The molecule has 1 amide bonds. The molecule has 0 saturated heterocycles. The lowest BCUT2D eigenvalue weighted by molar-refractivity contribution is -0.118. The van der Waals surface area contributed by atoms with Gasteiger partial charge in [-0.1, -0.05) is 12.1 Å². The van der Waals surface area contributed by atoms with Crippen molar-refractivity contribution >= 4 is 17.4 Å². The zero-order chi connectivity index (χ0) is 21.0. The quantitative estimate of drug-likeness (QED) is 0.619. The fourth-order valence-corrected chi connectivity index (χ4v) is 2.97. The summed E-state index contributed by atoms with van der Waals surface area (Å²) in [6.45, 7) is 5.15. The Morgan fingerprint density at radius 1 is 1.07 bits per heavy atom. The fourth-order valence-electron chi connectivity index (χ4n) is 2.97. The highest BCUT2D eigenvalue weighted by Crippen LogP contribution is 2.28. The number of amides is 1. The van der Waals surface area contributed by atoms with Gasteiger partial charge in [0.25, 0.3) is 5.91 Å². The average Bonchev–Trinajstić information content (AvgIpc) is 3.04. The number of hydrogen-bond donors (Lipinski definition) is 1. The molecule has 3 rings (SSSR count). The van der Waals surface area contributed by atoms with Crippen LogP contribution in [0.15, 0.2) is 48.5 Å². The monoisotopic (exact) mass is 393 g/mol. The van der Waals surface area contributed by atoms with Crippen molar-refractivity contribution in [2.45, 2.75) is 20.8 Å². The fraction of sp³-hybridized carbons (Fsp3) is 0.227. The zero-order valence-electron chi connectivity index (χ0n) is 16.9. The number of hydrogen-bond acceptors (Lipinski definition) is 5. The number of rotatable bonds is 7. The summed E-state index contributed by atoms with van der Waals surface area (Å²) in [6, 6.07) is 14.2.